The molecule has 4 nitrogen and oxygen atoms in total. The SMILES string of the molecule is CCC/C(C)=C\CC/C(C)=C/CC/C(C)=C/Cc1c(C)c(O)c(OC)c(OC)c1O. The van der Waals surface area contributed by atoms with Crippen molar-refractivity contribution in [1.29, 1.82) is 0 Å². The van der Waals surface area contributed by atoms with E-state index in [1.165, 1.54) is 43.8 Å². The van der Waals surface area contributed by atoms with Crippen molar-refractivity contribution in [3.63, 3.8) is 0 Å². The van der Waals surface area contributed by atoms with E-state index in [-0.39, 0.29) is 23.0 Å². The molecule has 1 aromatic rings. The van der Waals surface area contributed by atoms with Crippen molar-refractivity contribution in [3.05, 3.63) is 46.1 Å². The Morgan fingerprint density at radius 3 is 1.73 bits per heavy atom. The van der Waals surface area contributed by atoms with Gasteiger partial charge < -0.3 is 19.7 Å². The van der Waals surface area contributed by atoms with Crippen LogP contribution in [-0.2, 0) is 6.42 Å². The van der Waals surface area contributed by atoms with Gasteiger partial charge in [0.05, 0.1) is 14.2 Å². The van der Waals surface area contributed by atoms with Gasteiger partial charge in [0.25, 0.3) is 0 Å². The topological polar surface area (TPSA) is 58.9 Å². The second-order valence-electron chi connectivity index (χ2n) is 8.05. The zero-order valence-electron chi connectivity index (χ0n) is 19.9. The van der Waals surface area contributed by atoms with Crippen LogP contribution in [-0.4, -0.2) is 24.4 Å². The standard InChI is InChI=1S/C26H40O4/c1-8-11-18(2)12-9-13-19(3)14-10-15-20(4)16-17-22-21(5)23(27)25(29-6)26(30-7)24(22)28/h12,14,16,27-28H,8-11,13,15,17H2,1-7H3/b18-12-,19-14+,20-16+. The summed E-state index contributed by atoms with van der Waals surface area (Å²) in [6.07, 6.45) is 13.9. The average Bonchev–Trinajstić information content (AvgIpc) is 2.70. The minimum atomic E-state index is 0.00924. The third-order valence-electron chi connectivity index (χ3n) is 5.50. The Morgan fingerprint density at radius 1 is 0.767 bits per heavy atom. The van der Waals surface area contributed by atoms with E-state index in [4.69, 9.17) is 9.47 Å². The van der Waals surface area contributed by atoms with Gasteiger partial charge in [-0.3, -0.25) is 0 Å². The van der Waals surface area contributed by atoms with E-state index in [0.717, 1.165) is 25.7 Å². The zero-order chi connectivity index (χ0) is 22.7. The molecule has 0 amide bonds. The van der Waals surface area contributed by atoms with E-state index in [1.54, 1.807) is 6.92 Å². The van der Waals surface area contributed by atoms with Crippen molar-refractivity contribution in [2.45, 2.75) is 79.6 Å². The number of allylic oxidation sites excluding steroid dienone is 6. The predicted octanol–water partition coefficient (Wildman–Crippen LogP) is 7.17. The number of methoxy groups -OCH3 is 2. The van der Waals surface area contributed by atoms with E-state index in [1.807, 2.05) is 0 Å². The van der Waals surface area contributed by atoms with Gasteiger partial charge in [-0.1, -0.05) is 48.3 Å². The minimum absolute atomic E-state index is 0.00924. The van der Waals surface area contributed by atoms with Gasteiger partial charge in [0.2, 0.25) is 11.5 Å². The van der Waals surface area contributed by atoms with E-state index < -0.39 is 0 Å². The third-order valence-corrected chi connectivity index (χ3v) is 5.50. The van der Waals surface area contributed by atoms with E-state index in [0.29, 0.717) is 17.5 Å². The molecule has 0 unspecified atom stereocenters. The predicted molar refractivity (Wildman–Crippen MR) is 126 cm³/mol. The van der Waals surface area contributed by atoms with Gasteiger partial charge in [-0.15, -0.1) is 0 Å². The van der Waals surface area contributed by atoms with Crippen molar-refractivity contribution in [2.75, 3.05) is 14.2 Å². The molecule has 4 heteroatoms. The Morgan fingerprint density at radius 2 is 1.23 bits per heavy atom. The summed E-state index contributed by atoms with van der Waals surface area (Å²) in [5.74, 6) is 0.367. The van der Waals surface area contributed by atoms with E-state index in [2.05, 4.69) is 45.9 Å². The first-order valence-electron chi connectivity index (χ1n) is 10.9. The van der Waals surface area contributed by atoms with Crippen LogP contribution in [0.2, 0.25) is 0 Å². The fourth-order valence-corrected chi connectivity index (χ4v) is 3.54. The highest BCUT2D eigenvalue weighted by molar-refractivity contribution is 5.66. The largest absolute Gasteiger partial charge is 0.504 e. The molecular formula is C26H40O4. The summed E-state index contributed by atoms with van der Waals surface area (Å²) >= 11 is 0. The maximum Gasteiger partial charge on any atom is 0.207 e. The molecule has 0 aromatic heterocycles. The van der Waals surface area contributed by atoms with Crippen molar-refractivity contribution >= 4 is 0 Å². The molecule has 1 rings (SSSR count). The van der Waals surface area contributed by atoms with Crippen LogP contribution < -0.4 is 9.47 Å². The first-order valence-corrected chi connectivity index (χ1v) is 10.9. The van der Waals surface area contributed by atoms with Crippen LogP contribution in [0.25, 0.3) is 0 Å². The molecule has 0 bridgehead atoms. The summed E-state index contributed by atoms with van der Waals surface area (Å²) in [5, 5.41) is 20.9. The minimum Gasteiger partial charge on any atom is -0.504 e. The Balaban J connectivity index is 2.70. The van der Waals surface area contributed by atoms with Crippen molar-refractivity contribution in [1.82, 2.24) is 0 Å². The van der Waals surface area contributed by atoms with Crippen molar-refractivity contribution in [2.24, 2.45) is 0 Å². The maximum absolute atomic E-state index is 10.6. The number of benzene rings is 1. The maximum atomic E-state index is 10.6. The molecule has 30 heavy (non-hydrogen) atoms. The molecule has 0 saturated carbocycles. The number of rotatable bonds is 12. The first-order chi connectivity index (χ1) is 14.3. The fraction of sp³-hybridized carbons (Fsp3) is 0.538. The molecule has 0 spiro atoms. The molecule has 0 aliphatic heterocycles. The summed E-state index contributed by atoms with van der Waals surface area (Å²) in [4.78, 5) is 0. The number of ether oxygens (including phenoxy) is 2. The number of hydrogen-bond donors (Lipinski definition) is 2. The molecule has 0 aliphatic rings. The summed E-state index contributed by atoms with van der Waals surface area (Å²) in [7, 11) is 2.89. The molecule has 0 fully saturated rings. The normalized spacial score (nSPS) is 13.0. The van der Waals surface area contributed by atoms with Crippen LogP contribution in [0.3, 0.4) is 0 Å². The molecule has 0 saturated heterocycles. The molecule has 0 aliphatic carbocycles. The average molecular weight is 417 g/mol. The van der Waals surface area contributed by atoms with Crippen molar-refractivity contribution in [3.8, 4) is 23.0 Å². The molecular weight excluding hydrogens is 376 g/mol. The number of phenolic OH excluding ortho intramolecular Hbond substituents is 2. The lowest BCUT2D eigenvalue weighted by Crippen LogP contribution is -1.98. The van der Waals surface area contributed by atoms with Gasteiger partial charge in [0, 0.05) is 11.1 Å². The second-order valence-corrected chi connectivity index (χ2v) is 8.05. The molecule has 2 N–H and O–H groups in total. The van der Waals surface area contributed by atoms with Crippen LogP contribution in [0.4, 0.5) is 0 Å². The summed E-state index contributed by atoms with van der Waals surface area (Å²) < 4.78 is 10.4. The van der Waals surface area contributed by atoms with Crippen LogP contribution in [0, 0.1) is 6.92 Å². The molecule has 0 atom stereocenters. The summed E-state index contributed by atoms with van der Waals surface area (Å²) in [5.41, 5.74) is 5.44. The Hall–Kier alpha value is -2.36. The van der Waals surface area contributed by atoms with Gasteiger partial charge in [-0.2, -0.15) is 0 Å². The van der Waals surface area contributed by atoms with Crippen LogP contribution in [0.1, 0.15) is 77.3 Å². The van der Waals surface area contributed by atoms with Crippen LogP contribution in [0.5, 0.6) is 23.0 Å². The smallest absolute Gasteiger partial charge is 0.207 e. The molecule has 1 aromatic carbocycles. The number of hydrogen-bond acceptors (Lipinski definition) is 4. The van der Waals surface area contributed by atoms with Crippen molar-refractivity contribution < 1.29 is 19.7 Å². The number of aromatic hydroxyl groups is 2. The van der Waals surface area contributed by atoms with E-state index in [9.17, 15) is 10.2 Å². The second kappa shape index (κ2) is 13.0. The highest BCUT2D eigenvalue weighted by atomic mass is 16.5. The molecule has 0 heterocycles. The van der Waals surface area contributed by atoms with Crippen LogP contribution >= 0.6 is 0 Å². The summed E-state index contributed by atoms with van der Waals surface area (Å²) in [6.45, 7) is 10.5. The number of phenols is 2. The zero-order valence-corrected chi connectivity index (χ0v) is 19.9. The lowest BCUT2D eigenvalue weighted by molar-refractivity contribution is 0.314. The third kappa shape index (κ3) is 7.47. The first kappa shape index (κ1) is 25.7. The monoisotopic (exact) mass is 416 g/mol. The lowest BCUT2D eigenvalue weighted by Gasteiger charge is -2.17. The Kier molecular flexibility index (Phi) is 11.2. The Bertz CT molecular complexity index is 785. The molecule has 168 valence electrons. The van der Waals surface area contributed by atoms with Gasteiger partial charge in [0.1, 0.15) is 0 Å². The van der Waals surface area contributed by atoms with Crippen LogP contribution in [0.15, 0.2) is 34.9 Å². The van der Waals surface area contributed by atoms with Gasteiger partial charge in [0.15, 0.2) is 11.5 Å². The van der Waals surface area contributed by atoms with E-state index >= 15 is 0 Å². The van der Waals surface area contributed by atoms with Gasteiger partial charge in [-0.05, 0) is 66.2 Å². The Labute approximate surface area is 182 Å². The quantitative estimate of drug-likeness (QED) is 0.280. The van der Waals surface area contributed by atoms with Gasteiger partial charge in [-0.25, -0.2) is 0 Å². The highest BCUT2D eigenvalue weighted by Gasteiger charge is 2.22. The summed E-state index contributed by atoms with van der Waals surface area (Å²) in [6, 6.07) is 0. The fourth-order valence-electron chi connectivity index (χ4n) is 3.54. The van der Waals surface area contributed by atoms with Gasteiger partial charge >= 0.3 is 0 Å². The molecule has 0 radical (unpaired) electrons. The highest BCUT2D eigenvalue weighted by Crippen LogP contribution is 2.48. The lowest BCUT2D eigenvalue weighted by atomic mass is 9.99.